The molecule has 3 fully saturated rings. The maximum atomic E-state index is 13.5. The predicted molar refractivity (Wildman–Crippen MR) is 150 cm³/mol. The molecule has 0 atom stereocenters. The number of benzene rings is 3. The van der Waals surface area contributed by atoms with E-state index in [9.17, 15) is 9.59 Å². The lowest BCUT2D eigenvalue weighted by Gasteiger charge is -2.39. The second-order valence-electron chi connectivity index (χ2n) is 10.6. The maximum Gasteiger partial charge on any atom is 0.255 e. The highest BCUT2D eigenvalue weighted by Crippen LogP contribution is 2.44. The van der Waals surface area contributed by atoms with Crippen LogP contribution in [0.4, 0.5) is 11.4 Å². The molecule has 0 bridgehead atoms. The van der Waals surface area contributed by atoms with E-state index in [4.69, 9.17) is 4.74 Å². The molecule has 6 rings (SSSR count). The lowest BCUT2D eigenvalue weighted by molar-refractivity contribution is -0.123. The third-order valence-electron chi connectivity index (χ3n) is 8.09. The molecule has 7 heteroatoms. The molecule has 0 unspecified atom stereocenters. The zero-order chi connectivity index (χ0) is 26.1. The summed E-state index contributed by atoms with van der Waals surface area (Å²) in [6.07, 6.45) is 4.36. The summed E-state index contributed by atoms with van der Waals surface area (Å²) >= 11 is 0. The van der Waals surface area contributed by atoms with Gasteiger partial charge >= 0.3 is 0 Å². The van der Waals surface area contributed by atoms with Crippen LogP contribution in [0.25, 0.3) is 11.1 Å². The van der Waals surface area contributed by atoms with E-state index >= 15 is 0 Å². The molecule has 1 saturated heterocycles. The average Bonchev–Trinajstić information content (AvgIpc) is 3.88. The Morgan fingerprint density at radius 3 is 2.16 bits per heavy atom. The van der Waals surface area contributed by atoms with E-state index in [1.807, 2.05) is 42.5 Å². The number of carbonyl (C=O) groups is 2. The average molecular weight is 511 g/mol. The second-order valence-corrected chi connectivity index (χ2v) is 10.6. The van der Waals surface area contributed by atoms with Gasteiger partial charge in [0.1, 0.15) is 11.3 Å². The quantitative estimate of drug-likeness (QED) is 0.453. The highest BCUT2D eigenvalue weighted by Gasteiger charge is 2.55. The minimum atomic E-state index is -0.445. The van der Waals surface area contributed by atoms with Crippen LogP contribution in [-0.2, 0) is 4.79 Å². The molecule has 0 aromatic heterocycles. The molecule has 3 aromatic carbocycles. The van der Waals surface area contributed by atoms with Crippen LogP contribution in [0.15, 0.2) is 72.8 Å². The van der Waals surface area contributed by atoms with Gasteiger partial charge < -0.3 is 15.4 Å². The van der Waals surface area contributed by atoms with E-state index in [-0.39, 0.29) is 11.8 Å². The Balaban J connectivity index is 1.12. The lowest BCUT2D eigenvalue weighted by atomic mass is 10.1. The van der Waals surface area contributed by atoms with Crippen molar-refractivity contribution >= 4 is 23.2 Å². The van der Waals surface area contributed by atoms with Crippen LogP contribution in [0.1, 0.15) is 36.0 Å². The van der Waals surface area contributed by atoms with Gasteiger partial charge in [-0.3, -0.25) is 19.4 Å². The van der Waals surface area contributed by atoms with Crippen LogP contribution in [0.3, 0.4) is 0 Å². The Morgan fingerprint density at radius 2 is 1.53 bits per heavy atom. The largest absolute Gasteiger partial charge is 0.495 e. The summed E-state index contributed by atoms with van der Waals surface area (Å²) in [6, 6.07) is 23.8. The molecule has 2 N–H and O–H groups in total. The van der Waals surface area contributed by atoms with E-state index in [1.165, 1.54) is 12.8 Å². The number of hydrogen-bond acceptors (Lipinski definition) is 5. The molecule has 38 heavy (non-hydrogen) atoms. The van der Waals surface area contributed by atoms with Gasteiger partial charge in [0.2, 0.25) is 5.91 Å². The molecule has 196 valence electrons. The summed E-state index contributed by atoms with van der Waals surface area (Å²) in [4.78, 5) is 31.5. The fourth-order valence-electron chi connectivity index (χ4n) is 5.53. The molecule has 3 aromatic rings. The highest BCUT2D eigenvalue weighted by molar-refractivity contribution is 6.07. The Kier molecular flexibility index (Phi) is 6.64. The first-order valence-electron chi connectivity index (χ1n) is 13.5. The normalized spacial score (nSPS) is 19.0. The van der Waals surface area contributed by atoms with Crippen molar-refractivity contribution in [2.75, 3.05) is 43.9 Å². The molecular weight excluding hydrogens is 476 g/mol. The SMILES string of the molecule is COc1ccc(C(=O)Nc2ccc(-c3ccccc3)cc2)cc1NC(=O)C1(N2CCN(C3CC3)CC2)CC1. The number of rotatable bonds is 8. The van der Waals surface area contributed by atoms with E-state index in [0.717, 1.165) is 56.2 Å². The van der Waals surface area contributed by atoms with Crippen LogP contribution in [0.5, 0.6) is 5.75 Å². The monoisotopic (exact) mass is 510 g/mol. The Morgan fingerprint density at radius 1 is 0.842 bits per heavy atom. The van der Waals surface area contributed by atoms with Crippen LogP contribution < -0.4 is 15.4 Å². The van der Waals surface area contributed by atoms with Crippen molar-refractivity contribution < 1.29 is 14.3 Å². The topological polar surface area (TPSA) is 73.9 Å². The number of hydrogen-bond donors (Lipinski definition) is 2. The van der Waals surface area contributed by atoms with Gasteiger partial charge in [-0.05, 0) is 67.1 Å². The molecule has 1 aliphatic heterocycles. The van der Waals surface area contributed by atoms with Crippen LogP contribution >= 0.6 is 0 Å². The summed E-state index contributed by atoms with van der Waals surface area (Å²) in [5.41, 5.74) is 3.45. The van der Waals surface area contributed by atoms with Crippen molar-refractivity contribution in [3.8, 4) is 16.9 Å². The fraction of sp³-hybridized carbons (Fsp3) is 0.355. The number of nitrogens with zero attached hydrogens (tertiary/aromatic N) is 2. The molecule has 2 amide bonds. The first-order chi connectivity index (χ1) is 18.6. The number of amides is 2. The molecule has 0 radical (unpaired) electrons. The molecule has 3 aliphatic rings. The third kappa shape index (κ3) is 5.04. The predicted octanol–water partition coefficient (Wildman–Crippen LogP) is 4.87. The molecule has 2 aliphatic carbocycles. The summed E-state index contributed by atoms with van der Waals surface area (Å²) in [7, 11) is 1.57. The van der Waals surface area contributed by atoms with Crippen molar-refractivity contribution in [1.29, 1.82) is 0 Å². The van der Waals surface area contributed by atoms with Crippen LogP contribution in [0, 0.1) is 0 Å². The minimum Gasteiger partial charge on any atom is -0.495 e. The molecule has 1 heterocycles. The van der Waals surface area contributed by atoms with Gasteiger partial charge in [0.15, 0.2) is 0 Å². The van der Waals surface area contributed by atoms with Gasteiger partial charge in [-0.25, -0.2) is 0 Å². The molecule has 0 spiro atoms. The van der Waals surface area contributed by atoms with Gasteiger partial charge in [0.05, 0.1) is 12.8 Å². The van der Waals surface area contributed by atoms with E-state index in [2.05, 4.69) is 32.6 Å². The Labute approximate surface area is 223 Å². The van der Waals surface area contributed by atoms with Gasteiger partial charge in [-0.2, -0.15) is 0 Å². The molecule has 7 nitrogen and oxygen atoms in total. The van der Waals surface area contributed by atoms with Crippen molar-refractivity contribution in [3.05, 3.63) is 78.4 Å². The maximum absolute atomic E-state index is 13.5. The first kappa shape index (κ1) is 24.6. The lowest BCUT2D eigenvalue weighted by Crippen LogP contribution is -2.55. The zero-order valence-corrected chi connectivity index (χ0v) is 21.8. The van der Waals surface area contributed by atoms with E-state index < -0.39 is 5.54 Å². The van der Waals surface area contributed by atoms with Crippen LogP contribution in [-0.4, -0.2) is 66.5 Å². The number of anilines is 2. The second kappa shape index (κ2) is 10.2. The number of ether oxygens (including phenoxy) is 1. The summed E-state index contributed by atoms with van der Waals surface area (Å²) < 4.78 is 5.51. The molecule has 2 saturated carbocycles. The number of nitrogens with one attached hydrogen (secondary N) is 2. The smallest absolute Gasteiger partial charge is 0.255 e. The van der Waals surface area contributed by atoms with Crippen molar-refractivity contribution in [2.45, 2.75) is 37.3 Å². The van der Waals surface area contributed by atoms with Gasteiger partial charge in [-0.1, -0.05) is 42.5 Å². The van der Waals surface area contributed by atoms with Gasteiger partial charge in [0, 0.05) is 43.5 Å². The summed E-state index contributed by atoms with van der Waals surface area (Å²) in [5.74, 6) is 0.286. The fourth-order valence-corrected chi connectivity index (χ4v) is 5.53. The summed E-state index contributed by atoms with van der Waals surface area (Å²) in [6.45, 7) is 3.91. The minimum absolute atomic E-state index is 0.00951. The summed E-state index contributed by atoms with van der Waals surface area (Å²) in [5, 5.41) is 6.06. The third-order valence-corrected chi connectivity index (χ3v) is 8.09. The standard InChI is InChI=1S/C31H34N4O3/c1-38-28-14-9-24(29(36)32-25-10-7-23(8-11-25)22-5-3-2-4-6-22)21-27(28)33-30(37)31(15-16-31)35-19-17-34(18-20-35)26-12-13-26/h2-11,14,21,26H,12-13,15-20H2,1H3,(H,32,36)(H,33,37). The Bertz CT molecular complexity index is 1310. The van der Waals surface area contributed by atoms with Crippen LogP contribution in [0.2, 0.25) is 0 Å². The van der Waals surface area contributed by atoms with Crippen molar-refractivity contribution in [1.82, 2.24) is 9.80 Å². The number of carbonyl (C=O) groups excluding carboxylic acids is 2. The number of methoxy groups -OCH3 is 1. The Hall–Kier alpha value is -3.68. The van der Waals surface area contributed by atoms with Gasteiger partial charge in [-0.15, -0.1) is 0 Å². The van der Waals surface area contributed by atoms with E-state index in [1.54, 1.807) is 25.3 Å². The zero-order valence-electron chi connectivity index (χ0n) is 21.8. The highest BCUT2D eigenvalue weighted by atomic mass is 16.5. The van der Waals surface area contributed by atoms with Crippen molar-refractivity contribution in [2.24, 2.45) is 0 Å². The molecular formula is C31H34N4O3. The van der Waals surface area contributed by atoms with Gasteiger partial charge in [0.25, 0.3) is 5.91 Å². The first-order valence-corrected chi connectivity index (χ1v) is 13.5. The van der Waals surface area contributed by atoms with Crippen molar-refractivity contribution in [3.63, 3.8) is 0 Å². The number of piperazine rings is 1. The van der Waals surface area contributed by atoms with E-state index in [0.29, 0.717) is 22.7 Å².